The van der Waals surface area contributed by atoms with Gasteiger partial charge in [-0.2, -0.15) is 0 Å². The second-order valence-electron chi connectivity index (χ2n) is 22.0. The van der Waals surface area contributed by atoms with Crippen molar-refractivity contribution in [2.24, 2.45) is 23.7 Å². The van der Waals surface area contributed by atoms with Gasteiger partial charge in [-0.15, -0.1) is 0 Å². The SMILES string of the molecule is CC[C@@H]1OC(=O)[C@H](C)[C@H](O[C@H]2C[C@@](C)(OC)[C@@H](O)[C@H](C)O2)[C@H](C)[C@@H](O[C@H]2O[C@H](C)C[C@H](N(C)C)[C@H]2O)[C@@](C)(OC)C[C@@H](C)C(=O)[C@@H](C)[C@@H](O)[C@]1(C)O.O.O.O.O.O=C(O)[C@H](O)[C@@H](O)[C@@H](O[C@@H]1O[C@H](CO)[C@H](O)[C@H](O)[C@H]1O)[C@H](O)CO. The second kappa shape index (κ2) is 33.3. The van der Waals surface area contributed by atoms with E-state index >= 15 is 0 Å². The van der Waals surface area contributed by atoms with Gasteiger partial charge in [-0.05, 0) is 74.9 Å². The molecule has 0 saturated carbocycles. The zero-order chi connectivity index (χ0) is 58.3. The highest BCUT2D eigenvalue weighted by atomic mass is 16.7. The number of methoxy groups -OCH3 is 2. The van der Waals surface area contributed by atoms with Gasteiger partial charge in [0.1, 0.15) is 72.4 Å². The van der Waals surface area contributed by atoms with Crippen molar-refractivity contribution in [1.82, 2.24) is 4.90 Å². The Labute approximate surface area is 466 Å². The largest absolute Gasteiger partial charge is 0.479 e. The number of nitrogens with zero attached hydrogens (tertiary/aromatic N) is 1. The molecule has 30 nitrogen and oxygen atoms in total. The van der Waals surface area contributed by atoms with Crippen LogP contribution in [0.1, 0.15) is 94.9 Å². The Bertz CT molecular complexity index is 1820. The number of carboxylic acid groups (broad SMARTS) is 1. The maximum Gasteiger partial charge on any atom is 0.335 e. The molecular formula is C50H99NO29. The first-order valence-electron chi connectivity index (χ1n) is 25.9. The first-order chi connectivity index (χ1) is 35.1. The number of Topliss-reactive ketones (excluding diaryl/α,β-unsaturated/α-hetero) is 1. The molecule has 80 heavy (non-hydrogen) atoms. The molecule has 0 radical (unpaired) electrons. The molecule has 27 atom stereocenters. The Kier molecular flexibility index (Phi) is 33.2. The van der Waals surface area contributed by atoms with Crippen LogP contribution in [-0.4, -0.2) is 292 Å². The normalized spacial score (nSPS) is 42.6. The van der Waals surface area contributed by atoms with Gasteiger partial charge in [-0.1, -0.05) is 27.7 Å². The van der Waals surface area contributed by atoms with Crippen molar-refractivity contribution in [1.29, 1.82) is 0 Å². The third-order valence-electron chi connectivity index (χ3n) is 15.9. The highest BCUT2D eigenvalue weighted by Crippen LogP contribution is 2.42. The van der Waals surface area contributed by atoms with Crippen molar-refractivity contribution < 1.29 is 145 Å². The van der Waals surface area contributed by atoms with Crippen molar-refractivity contribution >= 4 is 17.7 Å². The van der Waals surface area contributed by atoms with Gasteiger partial charge in [0, 0.05) is 44.4 Å². The number of rotatable bonds is 16. The number of carbonyl (C=O) groups excluding carboxylic acids is 2. The third-order valence-corrected chi connectivity index (χ3v) is 15.9. The van der Waals surface area contributed by atoms with Crippen LogP contribution in [0.4, 0.5) is 0 Å². The van der Waals surface area contributed by atoms with Crippen molar-refractivity contribution in [3.8, 4) is 0 Å². The average Bonchev–Trinajstić information content (AvgIpc) is 3.37. The summed E-state index contributed by atoms with van der Waals surface area (Å²) >= 11 is 0. The van der Waals surface area contributed by atoms with Crippen molar-refractivity contribution in [3.05, 3.63) is 0 Å². The van der Waals surface area contributed by atoms with E-state index < -0.39 is 176 Å². The van der Waals surface area contributed by atoms with E-state index in [0.29, 0.717) is 6.42 Å². The van der Waals surface area contributed by atoms with Gasteiger partial charge >= 0.3 is 11.9 Å². The van der Waals surface area contributed by atoms with Gasteiger partial charge in [0.2, 0.25) is 0 Å². The molecule has 0 amide bonds. The standard InChI is InChI=1S/C38H69NO13.C12H22O12.4H2O/c1-15-26-38(10,45)31(42)21(4)28(40)19(2)17-37(9,47-14)33(52-35-29(41)25(39(11)12)16-20(3)48-35)22(5)30(23(6)34(44)50-26)51-27-18-36(8,46-13)32(43)24(7)49-27;13-1-3(15)10(7(18)8(19)11(21)22)24-12-9(20)6(17)5(16)4(2-14)23-12;;;;/h19-27,29-33,35,41-43,45H,15-18H2,1-14H3;3-10,12-20H,1-2H2,(H,21,22);4*1H2/t19-,20-,21-,22+,23-,24+,25+,26+,27+,29-,30-,31-,32+,33-,35-,36-,37+,38-;3-,4-,5+,6+,7-,8-,9-,10+,12+;;;;/m11..../s1. The van der Waals surface area contributed by atoms with E-state index in [4.69, 9.17) is 58.0 Å². The first kappa shape index (κ1) is 79.7. The van der Waals surface area contributed by atoms with E-state index in [2.05, 4.69) is 0 Å². The van der Waals surface area contributed by atoms with E-state index in [1.807, 2.05) is 32.8 Å². The fraction of sp³-hybridized carbons (Fsp3) is 0.940. The number of esters is 1. The number of carboxylic acids is 1. The number of likely N-dealkylation sites (N-methyl/N-ethyl adjacent to an activating group) is 1. The number of ketones is 1. The number of aliphatic hydroxyl groups is 12. The van der Waals surface area contributed by atoms with E-state index in [9.17, 15) is 65.4 Å². The zero-order valence-corrected chi connectivity index (χ0v) is 48.3. The Hall–Kier alpha value is -2.39. The number of hydrogen-bond donors (Lipinski definition) is 13. The van der Waals surface area contributed by atoms with Crippen LogP contribution in [0.15, 0.2) is 0 Å². The van der Waals surface area contributed by atoms with E-state index in [1.165, 1.54) is 21.1 Å². The molecule has 0 unspecified atom stereocenters. The highest BCUT2D eigenvalue weighted by molar-refractivity contribution is 5.83. The van der Waals surface area contributed by atoms with Crippen LogP contribution in [0.25, 0.3) is 0 Å². The van der Waals surface area contributed by atoms with Crippen LogP contribution in [0.5, 0.6) is 0 Å². The number of carbonyl (C=O) groups is 3. The fourth-order valence-electron chi connectivity index (χ4n) is 10.7. The molecule has 4 aliphatic rings. The average molecular weight is 1180 g/mol. The molecule has 0 aliphatic carbocycles. The third kappa shape index (κ3) is 18.3. The van der Waals surface area contributed by atoms with Crippen LogP contribution >= 0.6 is 0 Å². The van der Waals surface area contributed by atoms with Gasteiger partial charge in [-0.25, -0.2) is 4.79 Å². The second-order valence-corrected chi connectivity index (χ2v) is 22.0. The zero-order valence-electron chi connectivity index (χ0n) is 48.3. The molecule has 0 bridgehead atoms. The molecule has 0 aromatic heterocycles. The summed E-state index contributed by atoms with van der Waals surface area (Å²) in [5.41, 5.74) is -4.24. The summed E-state index contributed by atoms with van der Waals surface area (Å²) in [7, 11) is 6.77. The van der Waals surface area contributed by atoms with Gasteiger partial charge in [0.15, 0.2) is 25.0 Å². The van der Waals surface area contributed by atoms with Crippen LogP contribution in [-0.2, 0) is 57.0 Å². The molecule has 0 spiro atoms. The maximum atomic E-state index is 14.2. The molecule has 4 rings (SSSR count). The minimum Gasteiger partial charge on any atom is -0.479 e. The quantitative estimate of drug-likeness (QED) is 0.0639. The smallest absolute Gasteiger partial charge is 0.335 e. The van der Waals surface area contributed by atoms with Gasteiger partial charge in [0.05, 0.1) is 60.9 Å². The lowest BCUT2D eigenvalue weighted by Gasteiger charge is -2.50. The van der Waals surface area contributed by atoms with Crippen LogP contribution in [0.3, 0.4) is 0 Å². The Morgan fingerprint density at radius 2 is 1.31 bits per heavy atom. The summed E-state index contributed by atoms with van der Waals surface area (Å²) < 4.78 is 53.9. The van der Waals surface area contributed by atoms with Crippen molar-refractivity contribution in [2.45, 2.75) is 234 Å². The summed E-state index contributed by atoms with van der Waals surface area (Å²) in [4.78, 5) is 40.8. The maximum absolute atomic E-state index is 14.2. The van der Waals surface area contributed by atoms with Crippen molar-refractivity contribution in [3.63, 3.8) is 0 Å². The summed E-state index contributed by atoms with van der Waals surface area (Å²) in [5, 5.41) is 130. The van der Waals surface area contributed by atoms with E-state index in [-0.39, 0.29) is 59.1 Å². The number of ether oxygens (including phenoxy) is 9. The van der Waals surface area contributed by atoms with Gasteiger partial charge < -0.3 is 136 Å². The van der Waals surface area contributed by atoms with Crippen molar-refractivity contribution in [2.75, 3.05) is 41.5 Å². The number of cyclic esters (lactones) is 1. The number of aliphatic carboxylic acids is 1. The molecule has 0 aromatic carbocycles. The van der Waals surface area contributed by atoms with Gasteiger partial charge in [-0.3, -0.25) is 9.59 Å². The van der Waals surface area contributed by atoms with Crippen LogP contribution in [0.2, 0.25) is 0 Å². The topological polar surface area (TPSA) is 527 Å². The number of hydrogen-bond acceptors (Lipinski definition) is 25. The predicted molar refractivity (Wildman–Crippen MR) is 277 cm³/mol. The number of aliphatic hydroxyl groups excluding tert-OH is 11. The van der Waals surface area contributed by atoms with Gasteiger partial charge in [0.25, 0.3) is 0 Å². The van der Waals surface area contributed by atoms with E-state index in [0.717, 1.165) is 0 Å². The first-order valence-corrected chi connectivity index (χ1v) is 25.9. The molecule has 4 heterocycles. The molecule has 4 aliphatic heterocycles. The molecule has 30 heteroatoms. The highest BCUT2D eigenvalue weighted by Gasteiger charge is 2.55. The van der Waals surface area contributed by atoms with Crippen LogP contribution < -0.4 is 0 Å². The Balaban J connectivity index is 0. The molecule has 0 aromatic rings. The Morgan fingerprint density at radius 1 is 0.750 bits per heavy atom. The molecule has 21 N–H and O–H groups in total. The molecular weight excluding hydrogens is 1080 g/mol. The lowest BCUT2D eigenvalue weighted by atomic mass is 9.74. The van der Waals surface area contributed by atoms with E-state index in [1.54, 1.807) is 48.5 Å². The lowest BCUT2D eigenvalue weighted by Crippen LogP contribution is -2.61. The summed E-state index contributed by atoms with van der Waals surface area (Å²) in [6, 6.07) is -0.283. The monoisotopic (exact) mass is 1180 g/mol. The summed E-state index contributed by atoms with van der Waals surface area (Å²) in [6.07, 6.45) is -25.7. The fourth-order valence-corrected chi connectivity index (χ4v) is 10.7. The molecule has 4 fully saturated rings. The predicted octanol–water partition coefficient (Wildman–Crippen LogP) is -6.53. The minimum absolute atomic E-state index is 0. The lowest BCUT2D eigenvalue weighted by molar-refractivity contribution is -0.326. The summed E-state index contributed by atoms with van der Waals surface area (Å²) in [6.45, 7) is 15.3. The van der Waals surface area contributed by atoms with Crippen LogP contribution in [0, 0.1) is 23.7 Å². The summed E-state index contributed by atoms with van der Waals surface area (Å²) in [5.74, 6) is -6.31. The molecule has 478 valence electrons. The Morgan fingerprint density at radius 3 is 1.80 bits per heavy atom. The molecule has 4 saturated heterocycles. The minimum atomic E-state index is -2.39.